The molecule has 0 N–H and O–H groups in total. The molecule has 1 aliphatic rings. The van der Waals surface area contributed by atoms with Crippen molar-refractivity contribution in [2.24, 2.45) is 0 Å². The van der Waals surface area contributed by atoms with Gasteiger partial charge in [-0.1, -0.05) is 0 Å². The molecule has 8 heteroatoms. The quantitative estimate of drug-likeness (QED) is 0.749. The summed E-state index contributed by atoms with van der Waals surface area (Å²) in [6.45, 7) is 2.22. The van der Waals surface area contributed by atoms with Crippen LogP contribution in [0.4, 0.5) is 5.82 Å². The SMILES string of the molecule is CS(=O)(=O)N1CCN(c2cnc(CCl)cn2)CC1. The van der Waals surface area contributed by atoms with Crippen molar-refractivity contribution in [2.75, 3.05) is 37.3 Å². The Balaban J connectivity index is 2.01. The van der Waals surface area contributed by atoms with E-state index in [2.05, 4.69) is 9.97 Å². The zero-order valence-corrected chi connectivity index (χ0v) is 11.7. The van der Waals surface area contributed by atoms with Crippen LogP contribution in [0.25, 0.3) is 0 Å². The van der Waals surface area contributed by atoms with E-state index in [0.29, 0.717) is 32.1 Å². The molecule has 1 aromatic heterocycles. The lowest BCUT2D eigenvalue weighted by molar-refractivity contribution is 0.387. The number of anilines is 1. The molecule has 0 aliphatic carbocycles. The summed E-state index contributed by atoms with van der Waals surface area (Å²) in [5.41, 5.74) is 0.732. The monoisotopic (exact) mass is 290 g/mol. The van der Waals surface area contributed by atoms with E-state index in [4.69, 9.17) is 11.6 Å². The average Bonchev–Trinajstić information content (AvgIpc) is 2.38. The van der Waals surface area contributed by atoms with E-state index in [1.54, 1.807) is 12.4 Å². The lowest BCUT2D eigenvalue weighted by Crippen LogP contribution is -2.48. The van der Waals surface area contributed by atoms with Crippen molar-refractivity contribution in [1.29, 1.82) is 0 Å². The molecule has 100 valence electrons. The molecule has 0 aromatic carbocycles. The van der Waals surface area contributed by atoms with Crippen LogP contribution in [0.2, 0.25) is 0 Å². The van der Waals surface area contributed by atoms with E-state index in [-0.39, 0.29) is 0 Å². The maximum atomic E-state index is 11.4. The van der Waals surface area contributed by atoms with E-state index in [1.165, 1.54) is 10.6 Å². The Kier molecular flexibility index (Phi) is 4.04. The number of nitrogens with zero attached hydrogens (tertiary/aromatic N) is 4. The molecule has 0 unspecified atom stereocenters. The Hall–Kier alpha value is -0.920. The highest BCUT2D eigenvalue weighted by Crippen LogP contribution is 2.14. The molecule has 1 aromatic rings. The fourth-order valence-corrected chi connectivity index (χ4v) is 2.79. The van der Waals surface area contributed by atoms with Crippen LogP contribution in [0.5, 0.6) is 0 Å². The van der Waals surface area contributed by atoms with Crippen LogP contribution in [-0.4, -0.2) is 55.1 Å². The highest BCUT2D eigenvalue weighted by atomic mass is 35.5. The van der Waals surface area contributed by atoms with Crippen molar-refractivity contribution < 1.29 is 8.42 Å². The summed E-state index contributed by atoms with van der Waals surface area (Å²) in [6.07, 6.45) is 4.55. The first-order valence-electron chi connectivity index (χ1n) is 5.57. The van der Waals surface area contributed by atoms with E-state index in [0.717, 1.165) is 11.5 Å². The molecule has 0 radical (unpaired) electrons. The summed E-state index contributed by atoms with van der Waals surface area (Å²) >= 11 is 5.64. The maximum absolute atomic E-state index is 11.4. The summed E-state index contributed by atoms with van der Waals surface area (Å²) in [7, 11) is -3.09. The average molecular weight is 291 g/mol. The Morgan fingerprint density at radius 1 is 1.22 bits per heavy atom. The van der Waals surface area contributed by atoms with Gasteiger partial charge in [-0.2, -0.15) is 4.31 Å². The van der Waals surface area contributed by atoms with Crippen LogP contribution in [0, 0.1) is 0 Å². The van der Waals surface area contributed by atoms with Crippen LogP contribution in [0.3, 0.4) is 0 Å². The third-order valence-electron chi connectivity index (χ3n) is 2.86. The van der Waals surface area contributed by atoms with Gasteiger partial charge in [0, 0.05) is 26.2 Å². The van der Waals surface area contributed by atoms with Crippen molar-refractivity contribution in [3.05, 3.63) is 18.1 Å². The molecular weight excluding hydrogens is 276 g/mol. The summed E-state index contributed by atoms with van der Waals surface area (Å²) in [5.74, 6) is 1.10. The number of sulfonamides is 1. The van der Waals surface area contributed by atoms with Gasteiger partial charge in [-0.15, -0.1) is 11.6 Å². The summed E-state index contributed by atoms with van der Waals surface area (Å²) in [5, 5.41) is 0. The summed E-state index contributed by atoms with van der Waals surface area (Å²) in [4.78, 5) is 10.5. The molecule has 0 bridgehead atoms. The van der Waals surface area contributed by atoms with Crippen molar-refractivity contribution in [1.82, 2.24) is 14.3 Å². The fraction of sp³-hybridized carbons (Fsp3) is 0.600. The van der Waals surface area contributed by atoms with Crippen molar-refractivity contribution >= 4 is 27.4 Å². The van der Waals surface area contributed by atoms with Crippen LogP contribution in [-0.2, 0) is 15.9 Å². The van der Waals surface area contributed by atoms with Crippen molar-refractivity contribution in [2.45, 2.75) is 5.88 Å². The number of rotatable bonds is 3. The highest BCUT2D eigenvalue weighted by Gasteiger charge is 2.23. The van der Waals surface area contributed by atoms with Gasteiger partial charge in [0.1, 0.15) is 5.82 Å². The number of hydrogen-bond donors (Lipinski definition) is 0. The first kappa shape index (κ1) is 13.5. The highest BCUT2D eigenvalue weighted by molar-refractivity contribution is 7.88. The fourth-order valence-electron chi connectivity index (χ4n) is 1.83. The molecule has 1 fully saturated rings. The Bertz CT molecular complexity index is 497. The van der Waals surface area contributed by atoms with Gasteiger partial charge >= 0.3 is 0 Å². The van der Waals surface area contributed by atoms with Gasteiger partial charge < -0.3 is 4.90 Å². The minimum absolute atomic E-state index is 0.342. The van der Waals surface area contributed by atoms with Gasteiger partial charge in [-0.3, -0.25) is 4.98 Å². The van der Waals surface area contributed by atoms with Crippen LogP contribution >= 0.6 is 11.6 Å². The van der Waals surface area contributed by atoms with Gasteiger partial charge in [0.15, 0.2) is 0 Å². The predicted molar refractivity (Wildman–Crippen MR) is 70.2 cm³/mol. The normalized spacial score (nSPS) is 18.0. The predicted octanol–water partition coefficient (Wildman–Crippen LogP) is 0.297. The van der Waals surface area contributed by atoms with Crippen LogP contribution in [0.1, 0.15) is 5.69 Å². The number of aromatic nitrogens is 2. The lowest BCUT2D eigenvalue weighted by Gasteiger charge is -2.33. The first-order chi connectivity index (χ1) is 8.50. The zero-order chi connectivity index (χ0) is 13.2. The molecule has 6 nitrogen and oxygen atoms in total. The molecule has 18 heavy (non-hydrogen) atoms. The zero-order valence-electron chi connectivity index (χ0n) is 10.1. The Morgan fingerprint density at radius 3 is 2.33 bits per heavy atom. The summed E-state index contributed by atoms with van der Waals surface area (Å²) < 4.78 is 24.2. The molecule has 1 aliphatic heterocycles. The topological polar surface area (TPSA) is 66.4 Å². The second-order valence-electron chi connectivity index (χ2n) is 4.15. The largest absolute Gasteiger partial charge is 0.353 e. The van der Waals surface area contributed by atoms with E-state index in [1.807, 2.05) is 4.90 Å². The van der Waals surface area contributed by atoms with Gasteiger partial charge in [0.25, 0.3) is 0 Å². The second kappa shape index (κ2) is 5.38. The summed E-state index contributed by atoms with van der Waals surface area (Å²) in [6, 6.07) is 0. The Morgan fingerprint density at radius 2 is 1.89 bits per heavy atom. The molecule has 0 saturated carbocycles. The smallest absolute Gasteiger partial charge is 0.211 e. The molecule has 0 atom stereocenters. The van der Waals surface area contributed by atoms with E-state index >= 15 is 0 Å². The van der Waals surface area contributed by atoms with E-state index in [9.17, 15) is 8.42 Å². The van der Waals surface area contributed by atoms with Crippen LogP contribution < -0.4 is 4.90 Å². The molecule has 1 saturated heterocycles. The van der Waals surface area contributed by atoms with E-state index < -0.39 is 10.0 Å². The van der Waals surface area contributed by atoms with Crippen LogP contribution in [0.15, 0.2) is 12.4 Å². The third-order valence-corrected chi connectivity index (χ3v) is 4.44. The number of piperazine rings is 1. The van der Waals surface area contributed by atoms with Gasteiger partial charge in [-0.25, -0.2) is 13.4 Å². The maximum Gasteiger partial charge on any atom is 0.211 e. The number of hydrogen-bond acceptors (Lipinski definition) is 5. The standard InChI is InChI=1S/C10H15ClN4O2S/c1-18(16,17)15-4-2-14(3-5-15)10-8-12-9(6-11)7-13-10/h7-8H,2-6H2,1H3. The number of alkyl halides is 1. The third kappa shape index (κ3) is 3.09. The molecule has 0 amide bonds. The van der Waals surface area contributed by atoms with Gasteiger partial charge in [0.05, 0.1) is 30.2 Å². The lowest BCUT2D eigenvalue weighted by atomic mass is 10.3. The minimum Gasteiger partial charge on any atom is -0.353 e. The van der Waals surface area contributed by atoms with Gasteiger partial charge in [-0.05, 0) is 0 Å². The molecular formula is C10H15ClN4O2S. The molecule has 2 rings (SSSR count). The van der Waals surface area contributed by atoms with Crippen molar-refractivity contribution in [3.63, 3.8) is 0 Å². The Labute approximate surface area is 112 Å². The van der Waals surface area contributed by atoms with Gasteiger partial charge in [0.2, 0.25) is 10.0 Å². The molecule has 0 spiro atoms. The minimum atomic E-state index is -3.09. The first-order valence-corrected chi connectivity index (χ1v) is 7.96. The molecule has 2 heterocycles. The number of halogens is 1. The van der Waals surface area contributed by atoms with Crippen molar-refractivity contribution in [3.8, 4) is 0 Å². The second-order valence-corrected chi connectivity index (χ2v) is 6.40.